The molecule has 0 bridgehead atoms. The van der Waals surface area contributed by atoms with Gasteiger partial charge in [-0.25, -0.2) is 4.79 Å². The van der Waals surface area contributed by atoms with Gasteiger partial charge in [-0.2, -0.15) is 0 Å². The van der Waals surface area contributed by atoms with Gasteiger partial charge in [-0.15, -0.1) is 0 Å². The molecule has 0 fully saturated rings. The maximum atomic E-state index is 11.6. The van der Waals surface area contributed by atoms with E-state index in [2.05, 4.69) is 15.9 Å². The fraction of sp³-hybridized carbons (Fsp3) is 0.421. The Balaban J connectivity index is 2.11. The van der Waals surface area contributed by atoms with E-state index in [0.717, 1.165) is 10.0 Å². The van der Waals surface area contributed by atoms with Crippen LogP contribution in [0.4, 0.5) is 0 Å². The molecule has 1 N–H and O–H groups in total. The molecule has 0 aromatic heterocycles. The summed E-state index contributed by atoms with van der Waals surface area (Å²) in [5, 5.41) is 9.87. The Labute approximate surface area is 156 Å². The lowest BCUT2D eigenvalue weighted by molar-refractivity contribution is -0.137. The molecule has 1 aromatic rings. The number of hydrogen-bond acceptors (Lipinski definition) is 5. The van der Waals surface area contributed by atoms with E-state index in [1.807, 2.05) is 36.4 Å². The van der Waals surface area contributed by atoms with Gasteiger partial charge in [0.15, 0.2) is 0 Å². The third-order valence-electron chi connectivity index (χ3n) is 3.65. The van der Waals surface area contributed by atoms with Gasteiger partial charge in [-0.3, -0.25) is 0 Å². The Morgan fingerprint density at radius 2 is 2.12 bits per heavy atom. The maximum absolute atomic E-state index is 11.6. The van der Waals surface area contributed by atoms with Gasteiger partial charge in [0.1, 0.15) is 18.3 Å². The van der Waals surface area contributed by atoms with Crippen molar-refractivity contribution in [2.45, 2.75) is 44.9 Å². The summed E-state index contributed by atoms with van der Waals surface area (Å²) in [7, 11) is 0. The first-order chi connectivity index (χ1) is 12.0. The third-order valence-corrected chi connectivity index (χ3v) is 4.37. The summed E-state index contributed by atoms with van der Waals surface area (Å²) in [5.41, 5.74) is 1.04. The zero-order chi connectivity index (χ0) is 18.2. The molecule has 0 radical (unpaired) electrons. The van der Waals surface area contributed by atoms with Crippen LogP contribution in [-0.2, 0) is 25.6 Å². The SMILES string of the molecule is CCOC(=O)/C=C\[C@H]1O[C@H]([C@H](C)O)C(Br)=C[C@H]1OCc1ccccc1. The summed E-state index contributed by atoms with van der Waals surface area (Å²) in [6.07, 6.45) is 2.71. The Kier molecular flexibility index (Phi) is 7.84. The van der Waals surface area contributed by atoms with Crippen molar-refractivity contribution in [3.8, 4) is 0 Å². The molecule has 0 unspecified atom stereocenters. The summed E-state index contributed by atoms with van der Waals surface area (Å²) >= 11 is 3.43. The van der Waals surface area contributed by atoms with Crippen LogP contribution in [0.3, 0.4) is 0 Å². The minimum absolute atomic E-state index is 0.310. The molecule has 5 nitrogen and oxygen atoms in total. The Bertz CT molecular complexity index is 612. The molecule has 4 atom stereocenters. The highest BCUT2D eigenvalue weighted by atomic mass is 79.9. The molecule has 1 heterocycles. The van der Waals surface area contributed by atoms with Gasteiger partial charge in [0.2, 0.25) is 0 Å². The van der Waals surface area contributed by atoms with Gasteiger partial charge in [0, 0.05) is 10.6 Å². The van der Waals surface area contributed by atoms with Crippen LogP contribution in [0.1, 0.15) is 19.4 Å². The number of hydrogen-bond donors (Lipinski definition) is 1. The smallest absolute Gasteiger partial charge is 0.330 e. The topological polar surface area (TPSA) is 65.0 Å². The maximum Gasteiger partial charge on any atom is 0.330 e. The van der Waals surface area contributed by atoms with Crippen LogP contribution in [0.2, 0.25) is 0 Å². The van der Waals surface area contributed by atoms with Crippen molar-refractivity contribution in [3.05, 3.63) is 58.6 Å². The minimum atomic E-state index is -0.695. The van der Waals surface area contributed by atoms with Crippen LogP contribution in [0.25, 0.3) is 0 Å². The highest BCUT2D eigenvalue weighted by Gasteiger charge is 2.32. The molecule has 6 heteroatoms. The number of carbonyl (C=O) groups excluding carboxylic acids is 1. The van der Waals surface area contributed by atoms with Crippen LogP contribution in [-0.4, -0.2) is 42.1 Å². The molecule has 25 heavy (non-hydrogen) atoms. The average Bonchev–Trinajstić information content (AvgIpc) is 2.59. The minimum Gasteiger partial charge on any atom is -0.463 e. The zero-order valence-corrected chi connectivity index (χ0v) is 15.9. The standard InChI is InChI=1S/C19H23BrO5/c1-3-23-18(22)10-9-16-17(11-15(20)19(25-16)13(2)21)24-12-14-7-5-4-6-8-14/h4-11,13,16-17,19,21H,3,12H2,1-2H3/b10-9-/t13-,16+,17+,19+/m0/s1. The third kappa shape index (κ3) is 6.08. The van der Waals surface area contributed by atoms with Crippen molar-refractivity contribution < 1.29 is 24.1 Å². The number of aliphatic hydroxyl groups excluding tert-OH is 1. The van der Waals surface area contributed by atoms with E-state index >= 15 is 0 Å². The second kappa shape index (κ2) is 9.87. The van der Waals surface area contributed by atoms with E-state index in [9.17, 15) is 9.90 Å². The summed E-state index contributed by atoms with van der Waals surface area (Å²) < 4.78 is 17.5. The molecule has 1 aliphatic rings. The van der Waals surface area contributed by atoms with Crippen LogP contribution in [0.15, 0.2) is 53.0 Å². The van der Waals surface area contributed by atoms with E-state index in [4.69, 9.17) is 14.2 Å². The molecular weight excluding hydrogens is 388 g/mol. The van der Waals surface area contributed by atoms with Gasteiger partial charge in [0.05, 0.1) is 19.3 Å². The van der Waals surface area contributed by atoms with Crippen LogP contribution in [0, 0.1) is 0 Å². The quantitative estimate of drug-likeness (QED) is 0.552. The monoisotopic (exact) mass is 410 g/mol. The molecule has 0 saturated carbocycles. The number of esters is 1. The van der Waals surface area contributed by atoms with E-state index in [1.165, 1.54) is 6.08 Å². The van der Waals surface area contributed by atoms with Gasteiger partial charge in [0.25, 0.3) is 0 Å². The Morgan fingerprint density at radius 1 is 1.40 bits per heavy atom. The van der Waals surface area contributed by atoms with Crippen molar-refractivity contribution >= 4 is 21.9 Å². The number of ether oxygens (including phenoxy) is 3. The average molecular weight is 411 g/mol. The van der Waals surface area contributed by atoms with Crippen LogP contribution < -0.4 is 0 Å². The summed E-state index contributed by atoms with van der Waals surface area (Å²) in [5.74, 6) is -0.435. The first-order valence-electron chi connectivity index (χ1n) is 8.22. The Hall–Kier alpha value is -1.47. The molecule has 0 amide bonds. The second-order valence-electron chi connectivity index (χ2n) is 5.69. The molecular formula is C19H23BrO5. The molecule has 0 saturated heterocycles. The lowest BCUT2D eigenvalue weighted by atomic mass is 10.1. The normalized spacial score (nSPS) is 24.8. The number of halogens is 1. The first-order valence-corrected chi connectivity index (χ1v) is 9.01. The van der Waals surface area contributed by atoms with E-state index in [1.54, 1.807) is 19.9 Å². The fourth-order valence-electron chi connectivity index (χ4n) is 2.43. The first kappa shape index (κ1) is 19.8. The molecule has 136 valence electrons. The van der Waals surface area contributed by atoms with Crippen LogP contribution in [0.5, 0.6) is 0 Å². The number of aliphatic hydroxyl groups is 1. The molecule has 1 aromatic carbocycles. The summed E-state index contributed by atoms with van der Waals surface area (Å²) in [6.45, 7) is 4.12. The Morgan fingerprint density at radius 3 is 2.76 bits per heavy atom. The summed E-state index contributed by atoms with van der Waals surface area (Å²) in [6, 6.07) is 9.80. The van der Waals surface area contributed by atoms with E-state index < -0.39 is 30.4 Å². The number of benzene rings is 1. The highest BCUT2D eigenvalue weighted by molar-refractivity contribution is 9.11. The van der Waals surface area contributed by atoms with Crippen LogP contribution >= 0.6 is 15.9 Å². The molecule has 2 rings (SSSR count). The lowest BCUT2D eigenvalue weighted by Crippen LogP contribution is -2.41. The van der Waals surface area contributed by atoms with Crippen molar-refractivity contribution in [2.24, 2.45) is 0 Å². The molecule has 0 spiro atoms. The molecule has 1 aliphatic heterocycles. The van der Waals surface area contributed by atoms with Crippen molar-refractivity contribution in [2.75, 3.05) is 6.61 Å². The summed E-state index contributed by atoms with van der Waals surface area (Å²) in [4.78, 5) is 11.6. The van der Waals surface area contributed by atoms with E-state index in [0.29, 0.717) is 13.2 Å². The van der Waals surface area contributed by atoms with Crippen molar-refractivity contribution in [1.82, 2.24) is 0 Å². The lowest BCUT2D eigenvalue weighted by Gasteiger charge is -2.34. The zero-order valence-electron chi connectivity index (χ0n) is 14.3. The number of carbonyl (C=O) groups is 1. The predicted molar refractivity (Wildman–Crippen MR) is 98.1 cm³/mol. The number of rotatable bonds is 7. The predicted octanol–water partition coefficient (Wildman–Crippen LogP) is 3.12. The highest BCUT2D eigenvalue weighted by Crippen LogP contribution is 2.29. The van der Waals surface area contributed by atoms with E-state index in [-0.39, 0.29) is 0 Å². The second-order valence-corrected chi connectivity index (χ2v) is 6.60. The van der Waals surface area contributed by atoms with Crippen molar-refractivity contribution in [3.63, 3.8) is 0 Å². The van der Waals surface area contributed by atoms with Gasteiger partial charge in [-0.05, 0) is 31.6 Å². The fourth-order valence-corrected chi connectivity index (χ4v) is 3.18. The molecule has 0 aliphatic carbocycles. The largest absolute Gasteiger partial charge is 0.463 e. The van der Waals surface area contributed by atoms with Crippen molar-refractivity contribution in [1.29, 1.82) is 0 Å². The van der Waals surface area contributed by atoms with Gasteiger partial charge >= 0.3 is 5.97 Å². The van der Waals surface area contributed by atoms with Gasteiger partial charge in [-0.1, -0.05) is 46.3 Å². The van der Waals surface area contributed by atoms with Gasteiger partial charge < -0.3 is 19.3 Å².